The minimum absolute atomic E-state index is 0.477. The van der Waals surface area contributed by atoms with Gasteiger partial charge in [-0.2, -0.15) is 0 Å². The number of hydrogen-bond acceptors (Lipinski definition) is 4. The van der Waals surface area contributed by atoms with Gasteiger partial charge in [0.25, 0.3) is 0 Å². The summed E-state index contributed by atoms with van der Waals surface area (Å²) in [4.78, 5) is 0. The first-order valence-corrected chi connectivity index (χ1v) is 3.82. The van der Waals surface area contributed by atoms with E-state index in [0.29, 0.717) is 0 Å². The van der Waals surface area contributed by atoms with E-state index in [0.717, 1.165) is 0 Å². The highest BCUT2D eigenvalue weighted by Crippen LogP contribution is 2.18. The van der Waals surface area contributed by atoms with Crippen LogP contribution in [0.2, 0.25) is 0 Å². The first-order chi connectivity index (χ1) is 5.13. The van der Waals surface area contributed by atoms with Crippen LogP contribution in [0.3, 0.4) is 0 Å². The second-order valence-corrected chi connectivity index (χ2v) is 2.21. The lowest BCUT2D eigenvalue weighted by atomic mass is 10.2. The summed E-state index contributed by atoms with van der Waals surface area (Å²) in [5.41, 5.74) is 0. The third-order valence-electron chi connectivity index (χ3n) is 1.48. The Morgan fingerprint density at radius 2 is 1.45 bits per heavy atom. The molecule has 1 heterocycles. The van der Waals surface area contributed by atoms with E-state index in [1.165, 1.54) is 0 Å². The van der Waals surface area contributed by atoms with Crippen molar-refractivity contribution >= 4 is 0 Å². The van der Waals surface area contributed by atoms with Crippen LogP contribution in [-0.4, -0.2) is 39.9 Å². The average Bonchev–Trinajstić information content (AvgIpc) is 2.22. The molecule has 0 aromatic heterocycles. The quantitative estimate of drug-likeness (QED) is 0.450. The van der Waals surface area contributed by atoms with Crippen LogP contribution >= 0.6 is 0 Å². The highest BCUT2D eigenvalue weighted by Gasteiger charge is 2.38. The van der Waals surface area contributed by atoms with Gasteiger partial charge in [-0.3, -0.25) is 0 Å². The summed E-state index contributed by atoms with van der Waals surface area (Å²) in [6, 6.07) is 0. The van der Waals surface area contributed by atoms with Gasteiger partial charge in [-0.25, -0.2) is 0 Å². The van der Waals surface area contributed by atoms with Crippen LogP contribution in [0.25, 0.3) is 0 Å². The minimum atomic E-state index is -1.23. The van der Waals surface area contributed by atoms with Gasteiger partial charge in [0, 0.05) is 0 Å². The SMILES string of the molecule is CC.CC1OC(O)C(O)C1O. The van der Waals surface area contributed by atoms with Crippen molar-refractivity contribution in [1.29, 1.82) is 0 Å². The first kappa shape index (κ1) is 10.8. The molecule has 0 radical (unpaired) electrons. The molecule has 0 spiro atoms. The molecular formula is C7H16O4. The molecule has 0 saturated carbocycles. The Morgan fingerprint density at radius 3 is 1.55 bits per heavy atom. The second kappa shape index (κ2) is 4.66. The maximum absolute atomic E-state index is 8.90. The van der Waals surface area contributed by atoms with E-state index >= 15 is 0 Å². The fourth-order valence-corrected chi connectivity index (χ4v) is 0.827. The lowest BCUT2D eigenvalue weighted by Crippen LogP contribution is -2.31. The minimum Gasteiger partial charge on any atom is -0.388 e. The molecule has 4 unspecified atom stereocenters. The Balaban J connectivity index is 0.000000461. The van der Waals surface area contributed by atoms with Crippen molar-refractivity contribution in [1.82, 2.24) is 0 Å². The van der Waals surface area contributed by atoms with Crippen LogP contribution in [0.1, 0.15) is 20.8 Å². The summed E-state index contributed by atoms with van der Waals surface area (Å²) >= 11 is 0. The van der Waals surface area contributed by atoms with E-state index in [4.69, 9.17) is 15.3 Å². The van der Waals surface area contributed by atoms with Crippen LogP contribution in [0.15, 0.2) is 0 Å². The number of rotatable bonds is 0. The van der Waals surface area contributed by atoms with Gasteiger partial charge in [0.1, 0.15) is 12.2 Å². The molecule has 1 aliphatic rings. The average molecular weight is 164 g/mol. The van der Waals surface area contributed by atoms with Gasteiger partial charge in [-0.05, 0) is 6.92 Å². The van der Waals surface area contributed by atoms with Crippen LogP contribution in [0, 0.1) is 0 Å². The molecule has 0 bridgehead atoms. The van der Waals surface area contributed by atoms with Crippen molar-refractivity contribution in [3.63, 3.8) is 0 Å². The predicted molar refractivity (Wildman–Crippen MR) is 39.9 cm³/mol. The molecule has 1 aliphatic heterocycles. The van der Waals surface area contributed by atoms with E-state index in [1.54, 1.807) is 6.92 Å². The van der Waals surface area contributed by atoms with Crippen molar-refractivity contribution in [3.05, 3.63) is 0 Å². The molecule has 3 N–H and O–H groups in total. The third kappa shape index (κ3) is 2.41. The molecule has 4 heteroatoms. The maximum atomic E-state index is 8.90. The first-order valence-electron chi connectivity index (χ1n) is 3.82. The fraction of sp³-hybridized carbons (Fsp3) is 1.00. The van der Waals surface area contributed by atoms with Gasteiger partial charge in [0.2, 0.25) is 0 Å². The molecule has 0 aromatic rings. The number of ether oxygens (including phenoxy) is 1. The Labute approximate surface area is 66.4 Å². The number of aliphatic hydroxyl groups excluding tert-OH is 3. The van der Waals surface area contributed by atoms with Gasteiger partial charge in [0.15, 0.2) is 6.29 Å². The summed E-state index contributed by atoms with van der Waals surface area (Å²) in [5, 5.41) is 26.4. The Bertz CT molecular complexity index is 94.6. The summed E-state index contributed by atoms with van der Waals surface area (Å²) in [7, 11) is 0. The Morgan fingerprint density at radius 1 is 1.00 bits per heavy atom. The van der Waals surface area contributed by atoms with Gasteiger partial charge in [-0.1, -0.05) is 13.8 Å². The summed E-state index contributed by atoms with van der Waals surface area (Å²) in [6.07, 6.45) is -3.81. The molecule has 1 fully saturated rings. The summed E-state index contributed by atoms with van der Waals surface area (Å²) < 4.78 is 4.64. The van der Waals surface area contributed by atoms with E-state index in [-0.39, 0.29) is 0 Å². The Hall–Kier alpha value is -0.160. The number of aliphatic hydroxyl groups is 3. The fourth-order valence-electron chi connectivity index (χ4n) is 0.827. The maximum Gasteiger partial charge on any atom is 0.183 e. The molecule has 1 rings (SSSR count). The molecule has 4 atom stereocenters. The smallest absolute Gasteiger partial charge is 0.183 e. The topological polar surface area (TPSA) is 69.9 Å². The lowest BCUT2D eigenvalue weighted by Gasteiger charge is -2.07. The zero-order valence-electron chi connectivity index (χ0n) is 7.06. The molecule has 1 saturated heterocycles. The van der Waals surface area contributed by atoms with Crippen molar-refractivity contribution in [2.75, 3.05) is 0 Å². The standard InChI is InChI=1S/C5H10O4.C2H6/c1-2-3(6)4(7)5(8)9-2;1-2/h2-8H,1H3;1-2H3. The van der Waals surface area contributed by atoms with Crippen LogP contribution in [-0.2, 0) is 4.74 Å². The lowest BCUT2D eigenvalue weighted by molar-refractivity contribution is -0.124. The highest BCUT2D eigenvalue weighted by atomic mass is 16.6. The monoisotopic (exact) mass is 164 g/mol. The normalized spacial score (nSPS) is 43.1. The van der Waals surface area contributed by atoms with E-state index in [9.17, 15) is 0 Å². The van der Waals surface area contributed by atoms with E-state index in [2.05, 4.69) is 4.74 Å². The predicted octanol–water partition coefficient (Wildman–Crippen LogP) is -0.528. The molecule has 0 aliphatic carbocycles. The number of hydrogen-bond donors (Lipinski definition) is 3. The van der Waals surface area contributed by atoms with Crippen LogP contribution in [0.5, 0.6) is 0 Å². The van der Waals surface area contributed by atoms with Crippen LogP contribution in [0.4, 0.5) is 0 Å². The zero-order chi connectivity index (χ0) is 9.02. The molecule has 0 aromatic carbocycles. The van der Waals surface area contributed by atoms with Gasteiger partial charge in [-0.15, -0.1) is 0 Å². The summed E-state index contributed by atoms with van der Waals surface area (Å²) in [6.45, 7) is 5.59. The van der Waals surface area contributed by atoms with Crippen molar-refractivity contribution < 1.29 is 20.1 Å². The second-order valence-electron chi connectivity index (χ2n) is 2.21. The van der Waals surface area contributed by atoms with Crippen molar-refractivity contribution in [3.8, 4) is 0 Å². The third-order valence-corrected chi connectivity index (χ3v) is 1.48. The van der Waals surface area contributed by atoms with Gasteiger partial charge in [0.05, 0.1) is 6.10 Å². The van der Waals surface area contributed by atoms with Crippen molar-refractivity contribution in [2.24, 2.45) is 0 Å². The van der Waals surface area contributed by atoms with Gasteiger partial charge < -0.3 is 20.1 Å². The summed E-state index contributed by atoms with van der Waals surface area (Å²) in [5.74, 6) is 0. The van der Waals surface area contributed by atoms with E-state index in [1.807, 2.05) is 13.8 Å². The molecule has 0 amide bonds. The van der Waals surface area contributed by atoms with Crippen molar-refractivity contribution in [2.45, 2.75) is 45.4 Å². The largest absolute Gasteiger partial charge is 0.388 e. The highest BCUT2D eigenvalue weighted by molar-refractivity contribution is 4.82. The molecular weight excluding hydrogens is 148 g/mol. The molecule has 68 valence electrons. The molecule has 4 nitrogen and oxygen atoms in total. The van der Waals surface area contributed by atoms with Gasteiger partial charge >= 0.3 is 0 Å². The zero-order valence-corrected chi connectivity index (χ0v) is 7.06. The Kier molecular flexibility index (Phi) is 4.60. The molecule has 11 heavy (non-hydrogen) atoms. The van der Waals surface area contributed by atoms with E-state index < -0.39 is 24.6 Å². The van der Waals surface area contributed by atoms with Crippen LogP contribution < -0.4 is 0 Å².